The van der Waals surface area contributed by atoms with Gasteiger partial charge >= 0.3 is 0 Å². The molecule has 0 aliphatic rings. The zero-order valence-corrected chi connectivity index (χ0v) is 11.4. The van der Waals surface area contributed by atoms with Gasteiger partial charge in [-0.25, -0.2) is 4.85 Å². The molecular weight excluding hydrogens is 232 g/mol. The van der Waals surface area contributed by atoms with E-state index in [1.165, 1.54) is 21.9 Å². The lowest BCUT2D eigenvalue weighted by atomic mass is 10.1. The predicted octanol–water partition coefficient (Wildman–Crippen LogP) is 5.23. The van der Waals surface area contributed by atoms with E-state index in [2.05, 4.69) is 54.4 Å². The van der Waals surface area contributed by atoms with Crippen LogP contribution in [0, 0.1) is 13.5 Å². The molecule has 2 nitrogen and oxygen atoms in total. The summed E-state index contributed by atoms with van der Waals surface area (Å²) < 4.78 is 2.30. The molecule has 0 radical (unpaired) electrons. The third kappa shape index (κ3) is 1.55. The van der Waals surface area contributed by atoms with Gasteiger partial charge in [0.15, 0.2) is 0 Å². The van der Waals surface area contributed by atoms with Crippen molar-refractivity contribution in [2.45, 2.75) is 26.8 Å². The van der Waals surface area contributed by atoms with E-state index in [0.29, 0.717) is 6.04 Å². The molecule has 0 unspecified atom stereocenters. The SMILES string of the molecule is [C-]#[N+]c1cccc2c3cccc(C)c3n(C(C)C)c12. The molecule has 0 saturated heterocycles. The van der Waals surface area contributed by atoms with E-state index in [1.54, 1.807) is 0 Å². The summed E-state index contributed by atoms with van der Waals surface area (Å²) in [5.74, 6) is 0. The molecule has 0 spiro atoms. The minimum atomic E-state index is 0.337. The lowest BCUT2D eigenvalue weighted by Gasteiger charge is -2.13. The van der Waals surface area contributed by atoms with Crippen LogP contribution in [-0.2, 0) is 0 Å². The zero-order chi connectivity index (χ0) is 13.6. The lowest BCUT2D eigenvalue weighted by molar-refractivity contribution is 0.642. The fraction of sp³-hybridized carbons (Fsp3) is 0.235. The van der Waals surface area contributed by atoms with E-state index in [4.69, 9.17) is 6.57 Å². The van der Waals surface area contributed by atoms with Gasteiger partial charge in [0.1, 0.15) is 0 Å². The van der Waals surface area contributed by atoms with E-state index in [-0.39, 0.29) is 0 Å². The molecule has 94 valence electrons. The summed E-state index contributed by atoms with van der Waals surface area (Å²) in [5, 5.41) is 2.43. The molecule has 0 atom stereocenters. The van der Waals surface area contributed by atoms with E-state index in [1.807, 2.05) is 12.1 Å². The fourth-order valence-electron chi connectivity index (χ4n) is 2.92. The Morgan fingerprint density at radius 1 is 1.00 bits per heavy atom. The summed E-state index contributed by atoms with van der Waals surface area (Å²) in [6.45, 7) is 13.9. The first kappa shape index (κ1) is 11.8. The van der Waals surface area contributed by atoms with Crippen molar-refractivity contribution in [3.05, 3.63) is 53.4 Å². The van der Waals surface area contributed by atoms with Gasteiger partial charge in [-0.15, -0.1) is 0 Å². The lowest BCUT2D eigenvalue weighted by Crippen LogP contribution is -2.01. The molecule has 2 aromatic carbocycles. The van der Waals surface area contributed by atoms with Gasteiger partial charge < -0.3 is 4.57 Å². The minimum absolute atomic E-state index is 0.337. The number of nitrogens with zero attached hydrogens (tertiary/aromatic N) is 2. The minimum Gasteiger partial charge on any atom is -0.347 e. The Morgan fingerprint density at radius 3 is 2.26 bits per heavy atom. The van der Waals surface area contributed by atoms with Crippen LogP contribution in [0.3, 0.4) is 0 Å². The summed E-state index contributed by atoms with van der Waals surface area (Å²) in [6, 6.07) is 12.7. The maximum Gasteiger partial charge on any atom is 0.210 e. The molecule has 1 aromatic heterocycles. The maximum absolute atomic E-state index is 7.40. The van der Waals surface area contributed by atoms with Gasteiger partial charge in [0, 0.05) is 11.4 Å². The molecule has 0 saturated carbocycles. The molecular formula is C17H16N2. The summed E-state index contributed by atoms with van der Waals surface area (Å²) in [7, 11) is 0. The maximum atomic E-state index is 7.40. The molecule has 0 amide bonds. The molecule has 0 aliphatic carbocycles. The highest BCUT2D eigenvalue weighted by Gasteiger charge is 2.16. The first-order chi connectivity index (χ1) is 9.15. The Hall–Kier alpha value is -2.27. The van der Waals surface area contributed by atoms with Crippen molar-refractivity contribution in [3.63, 3.8) is 0 Å². The van der Waals surface area contributed by atoms with E-state index in [0.717, 1.165) is 11.2 Å². The molecule has 19 heavy (non-hydrogen) atoms. The third-order valence-electron chi connectivity index (χ3n) is 3.66. The second-order valence-corrected chi connectivity index (χ2v) is 5.22. The summed E-state index contributed by atoms with van der Waals surface area (Å²) in [4.78, 5) is 3.70. The second kappa shape index (κ2) is 4.13. The van der Waals surface area contributed by atoms with Crippen LogP contribution in [0.15, 0.2) is 36.4 Å². The Morgan fingerprint density at radius 2 is 1.63 bits per heavy atom. The quantitative estimate of drug-likeness (QED) is 0.521. The summed E-state index contributed by atoms with van der Waals surface area (Å²) in [6.07, 6.45) is 0. The van der Waals surface area contributed by atoms with E-state index < -0.39 is 0 Å². The number of benzene rings is 2. The van der Waals surface area contributed by atoms with Crippen molar-refractivity contribution in [3.8, 4) is 0 Å². The number of rotatable bonds is 1. The molecule has 3 rings (SSSR count). The van der Waals surface area contributed by atoms with Gasteiger partial charge in [-0.1, -0.05) is 36.4 Å². The topological polar surface area (TPSA) is 9.29 Å². The molecule has 0 N–H and O–H groups in total. The van der Waals surface area contributed by atoms with Gasteiger partial charge in [-0.3, -0.25) is 0 Å². The van der Waals surface area contributed by atoms with Crippen LogP contribution < -0.4 is 0 Å². The number of hydrogen-bond acceptors (Lipinski definition) is 0. The average Bonchev–Trinajstić information content (AvgIpc) is 2.75. The summed E-state index contributed by atoms with van der Waals surface area (Å²) in [5.41, 5.74) is 4.32. The van der Waals surface area contributed by atoms with Crippen molar-refractivity contribution in [2.24, 2.45) is 0 Å². The third-order valence-corrected chi connectivity index (χ3v) is 3.66. The van der Waals surface area contributed by atoms with Crippen LogP contribution in [0.5, 0.6) is 0 Å². The van der Waals surface area contributed by atoms with Crippen LogP contribution in [0.2, 0.25) is 0 Å². The Labute approximate surface area is 113 Å². The van der Waals surface area contributed by atoms with Crippen molar-refractivity contribution in [1.29, 1.82) is 0 Å². The normalized spacial score (nSPS) is 11.3. The molecule has 3 aromatic rings. The van der Waals surface area contributed by atoms with Gasteiger partial charge in [-0.05, 0) is 31.7 Å². The van der Waals surface area contributed by atoms with Crippen LogP contribution in [0.1, 0.15) is 25.5 Å². The predicted molar refractivity (Wildman–Crippen MR) is 80.8 cm³/mol. The Balaban J connectivity index is 2.68. The van der Waals surface area contributed by atoms with Crippen molar-refractivity contribution >= 4 is 27.5 Å². The highest BCUT2D eigenvalue weighted by Crippen LogP contribution is 2.38. The molecule has 1 heterocycles. The van der Waals surface area contributed by atoms with E-state index >= 15 is 0 Å². The van der Waals surface area contributed by atoms with Gasteiger partial charge in [0.2, 0.25) is 5.69 Å². The second-order valence-electron chi connectivity index (χ2n) is 5.22. The van der Waals surface area contributed by atoms with Crippen molar-refractivity contribution < 1.29 is 0 Å². The molecule has 0 bridgehead atoms. The van der Waals surface area contributed by atoms with Gasteiger partial charge in [-0.2, -0.15) is 0 Å². The number of fused-ring (bicyclic) bond motifs is 3. The number of para-hydroxylation sites is 2. The standard InChI is InChI=1S/C17H16N2/c1-11(2)19-16-12(3)7-5-8-13(16)14-9-6-10-15(18-4)17(14)19/h5-11H,1-3H3. The summed E-state index contributed by atoms with van der Waals surface area (Å²) >= 11 is 0. The smallest absolute Gasteiger partial charge is 0.210 e. The van der Waals surface area contributed by atoms with Crippen LogP contribution in [-0.4, -0.2) is 4.57 Å². The zero-order valence-electron chi connectivity index (χ0n) is 11.4. The first-order valence-electron chi connectivity index (χ1n) is 6.55. The molecule has 2 heteroatoms. The van der Waals surface area contributed by atoms with Crippen LogP contribution >= 0.6 is 0 Å². The number of hydrogen-bond donors (Lipinski definition) is 0. The molecule has 0 fully saturated rings. The highest BCUT2D eigenvalue weighted by atomic mass is 15.0. The first-order valence-corrected chi connectivity index (χ1v) is 6.55. The molecule has 0 aliphatic heterocycles. The number of aryl methyl sites for hydroxylation is 1. The van der Waals surface area contributed by atoms with Crippen molar-refractivity contribution in [2.75, 3.05) is 0 Å². The number of aromatic nitrogens is 1. The van der Waals surface area contributed by atoms with Crippen LogP contribution in [0.4, 0.5) is 5.69 Å². The largest absolute Gasteiger partial charge is 0.347 e. The van der Waals surface area contributed by atoms with Crippen LogP contribution in [0.25, 0.3) is 26.7 Å². The Bertz CT molecular complexity index is 816. The van der Waals surface area contributed by atoms with E-state index in [9.17, 15) is 0 Å². The average molecular weight is 248 g/mol. The fourth-order valence-corrected chi connectivity index (χ4v) is 2.92. The van der Waals surface area contributed by atoms with Gasteiger partial charge in [0.25, 0.3) is 0 Å². The van der Waals surface area contributed by atoms with Crippen molar-refractivity contribution in [1.82, 2.24) is 4.57 Å². The Kier molecular flexibility index (Phi) is 2.57. The highest BCUT2D eigenvalue weighted by molar-refractivity contribution is 6.13. The van der Waals surface area contributed by atoms with Gasteiger partial charge in [0.05, 0.1) is 17.6 Å². The monoisotopic (exact) mass is 248 g/mol.